The van der Waals surface area contributed by atoms with Crippen LogP contribution >= 0.6 is 15.9 Å². The molecule has 2 N–H and O–H groups in total. The molecule has 0 aromatic heterocycles. The molecule has 8 heteroatoms. The van der Waals surface area contributed by atoms with E-state index in [-0.39, 0.29) is 0 Å². The van der Waals surface area contributed by atoms with Crippen LogP contribution in [0, 0.1) is 0 Å². The molecular formula is C17H14BrN3O4. The van der Waals surface area contributed by atoms with Crippen molar-refractivity contribution in [1.29, 1.82) is 0 Å². The molecule has 25 heavy (non-hydrogen) atoms. The molecule has 0 saturated carbocycles. The Morgan fingerprint density at radius 1 is 1.00 bits per heavy atom. The van der Waals surface area contributed by atoms with Gasteiger partial charge in [0.1, 0.15) is 0 Å². The smallest absolute Gasteiger partial charge is 0.337 e. The standard InChI is InChI=1S/C17H14BrN3O4/c1-25-17(24)12-4-2-11(3-5-12)10-19-21-16(23)15(22)20-14-8-6-13(18)7-9-14/h2-10H,1H3,(H,20,22)(H,21,23)/b19-10-. The number of halogens is 1. The highest BCUT2D eigenvalue weighted by atomic mass is 79.9. The van der Waals surface area contributed by atoms with Crippen LogP contribution in [0.1, 0.15) is 15.9 Å². The van der Waals surface area contributed by atoms with Crippen LogP contribution in [0.15, 0.2) is 58.1 Å². The largest absolute Gasteiger partial charge is 0.465 e. The number of ether oxygens (including phenoxy) is 1. The molecule has 0 atom stereocenters. The van der Waals surface area contributed by atoms with Gasteiger partial charge in [-0.05, 0) is 42.0 Å². The molecule has 2 aromatic carbocycles. The summed E-state index contributed by atoms with van der Waals surface area (Å²) < 4.78 is 5.45. The second kappa shape index (κ2) is 8.74. The van der Waals surface area contributed by atoms with Gasteiger partial charge in [0.05, 0.1) is 18.9 Å². The fraction of sp³-hybridized carbons (Fsp3) is 0.0588. The summed E-state index contributed by atoms with van der Waals surface area (Å²) in [4.78, 5) is 34.7. The Hall–Kier alpha value is -3.00. The molecule has 7 nitrogen and oxygen atoms in total. The number of hydrogen-bond acceptors (Lipinski definition) is 5. The average molecular weight is 404 g/mol. The molecule has 0 aliphatic heterocycles. The van der Waals surface area contributed by atoms with E-state index >= 15 is 0 Å². The van der Waals surface area contributed by atoms with Crippen LogP contribution in [-0.2, 0) is 14.3 Å². The summed E-state index contributed by atoms with van der Waals surface area (Å²) in [6.45, 7) is 0. The van der Waals surface area contributed by atoms with Crippen LogP contribution in [0.3, 0.4) is 0 Å². The van der Waals surface area contributed by atoms with Crippen molar-refractivity contribution in [3.05, 3.63) is 64.1 Å². The normalized spacial score (nSPS) is 10.3. The van der Waals surface area contributed by atoms with E-state index in [4.69, 9.17) is 0 Å². The van der Waals surface area contributed by atoms with Gasteiger partial charge in [0, 0.05) is 10.2 Å². The van der Waals surface area contributed by atoms with E-state index in [0.717, 1.165) is 4.47 Å². The predicted octanol–water partition coefficient (Wildman–Crippen LogP) is 2.32. The Morgan fingerprint density at radius 3 is 2.24 bits per heavy atom. The van der Waals surface area contributed by atoms with Gasteiger partial charge in [0.15, 0.2) is 0 Å². The molecule has 0 spiro atoms. The maximum atomic E-state index is 11.7. The molecule has 2 aromatic rings. The topological polar surface area (TPSA) is 96.9 Å². The number of nitrogens with zero attached hydrogens (tertiary/aromatic N) is 1. The minimum atomic E-state index is -0.898. The molecule has 2 amide bonds. The van der Waals surface area contributed by atoms with Gasteiger partial charge < -0.3 is 10.1 Å². The Kier molecular flexibility index (Phi) is 6.41. The Morgan fingerprint density at radius 2 is 1.64 bits per heavy atom. The lowest BCUT2D eigenvalue weighted by molar-refractivity contribution is -0.136. The highest BCUT2D eigenvalue weighted by Crippen LogP contribution is 2.13. The molecule has 0 heterocycles. The maximum absolute atomic E-state index is 11.7. The zero-order chi connectivity index (χ0) is 18.2. The van der Waals surface area contributed by atoms with Crippen molar-refractivity contribution in [1.82, 2.24) is 5.43 Å². The quantitative estimate of drug-likeness (QED) is 0.354. The molecule has 0 saturated heterocycles. The molecule has 0 aliphatic carbocycles. The van der Waals surface area contributed by atoms with E-state index in [9.17, 15) is 14.4 Å². The Bertz CT molecular complexity index is 802. The minimum absolute atomic E-state index is 0.401. The number of carbonyl (C=O) groups is 3. The predicted molar refractivity (Wildman–Crippen MR) is 96.3 cm³/mol. The van der Waals surface area contributed by atoms with Gasteiger partial charge in [-0.3, -0.25) is 9.59 Å². The summed E-state index contributed by atoms with van der Waals surface area (Å²) >= 11 is 3.28. The summed E-state index contributed by atoms with van der Waals surface area (Å²) in [7, 11) is 1.30. The lowest BCUT2D eigenvalue weighted by Crippen LogP contribution is -2.32. The summed E-state index contributed by atoms with van der Waals surface area (Å²) in [6, 6.07) is 13.2. The highest BCUT2D eigenvalue weighted by Gasteiger charge is 2.12. The fourth-order valence-corrected chi connectivity index (χ4v) is 2.02. The first-order valence-electron chi connectivity index (χ1n) is 7.08. The van der Waals surface area contributed by atoms with Crippen LogP contribution in [0.2, 0.25) is 0 Å². The maximum Gasteiger partial charge on any atom is 0.337 e. The molecular weight excluding hydrogens is 390 g/mol. The van der Waals surface area contributed by atoms with Crippen LogP contribution in [-0.4, -0.2) is 31.1 Å². The number of nitrogens with one attached hydrogen (secondary N) is 2. The molecule has 0 radical (unpaired) electrons. The number of methoxy groups -OCH3 is 1. The van der Waals surface area contributed by atoms with Gasteiger partial charge in [-0.15, -0.1) is 0 Å². The summed E-state index contributed by atoms with van der Waals surface area (Å²) in [5.74, 6) is -2.17. The van der Waals surface area contributed by atoms with Crippen molar-refractivity contribution in [3.63, 3.8) is 0 Å². The van der Waals surface area contributed by atoms with Crippen LogP contribution in [0.25, 0.3) is 0 Å². The first kappa shape index (κ1) is 18.3. The van der Waals surface area contributed by atoms with Gasteiger partial charge in [-0.2, -0.15) is 5.10 Å². The highest BCUT2D eigenvalue weighted by molar-refractivity contribution is 9.10. The first-order valence-corrected chi connectivity index (χ1v) is 7.87. The Labute approximate surface area is 152 Å². The third kappa shape index (κ3) is 5.54. The summed E-state index contributed by atoms with van der Waals surface area (Å²) in [5, 5.41) is 6.15. The first-order chi connectivity index (χ1) is 12.0. The molecule has 0 bridgehead atoms. The third-order valence-electron chi connectivity index (χ3n) is 3.02. The van der Waals surface area contributed by atoms with E-state index in [0.29, 0.717) is 16.8 Å². The molecule has 128 valence electrons. The van der Waals surface area contributed by atoms with Crippen molar-refractivity contribution >= 4 is 45.6 Å². The van der Waals surface area contributed by atoms with E-state index in [2.05, 4.69) is 36.5 Å². The number of carbonyl (C=O) groups excluding carboxylic acids is 3. The van der Waals surface area contributed by atoms with E-state index < -0.39 is 17.8 Å². The fourth-order valence-electron chi connectivity index (χ4n) is 1.76. The molecule has 0 unspecified atom stereocenters. The number of rotatable bonds is 4. The van der Waals surface area contributed by atoms with Crippen LogP contribution in [0.5, 0.6) is 0 Å². The number of esters is 1. The van der Waals surface area contributed by atoms with Gasteiger partial charge in [0.25, 0.3) is 0 Å². The molecule has 0 fully saturated rings. The van der Waals surface area contributed by atoms with Crippen molar-refractivity contribution in [3.8, 4) is 0 Å². The Balaban J connectivity index is 1.88. The van der Waals surface area contributed by atoms with Crippen LogP contribution in [0.4, 0.5) is 5.69 Å². The average Bonchev–Trinajstić information content (AvgIpc) is 2.63. The minimum Gasteiger partial charge on any atom is -0.465 e. The van der Waals surface area contributed by atoms with Crippen molar-refractivity contribution < 1.29 is 19.1 Å². The van der Waals surface area contributed by atoms with Gasteiger partial charge in [0.2, 0.25) is 0 Å². The number of hydrazone groups is 1. The van der Waals surface area contributed by atoms with Crippen molar-refractivity contribution in [2.75, 3.05) is 12.4 Å². The molecule has 0 aliphatic rings. The van der Waals surface area contributed by atoms with E-state index in [1.807, 2.05) is 0 Å². The van der Waals surface area contributed by atoms with Crippen molar-refractivity contribution in [2.45, 2.75) is 0 Å². The number of benzene rings is 2. The zero-order valence-electron chi connectivity index (χ0n) is 13.2. The monoisotopic (exact) mass is 403 g/mol. The van der Waals surface area contributed by atoms with Gasteiger partial charge >= 0.3 is 17.8 Å². The number of amides is 2. The van der Waals surface area contributed by atoms with Crippen LogP contribution < -0.4 is 10.7 Å². The van der Waals surface area contributed by atoms with Crippen molar-refractivity contribution in [2.24, 2.45) is 5.10 Å². The lowest BCUT2D eigenvalue weighted by Gasteiger charge is -2.03. The number of anilines is 1. The summed E-state index contributed by atoms with van der Waals surface area (Å²) in [5.41, 5.74) is 3.66. The SMILES string of the molecule is COC(=O)c1ccc(/C=N\NC(=O)C(=O)Nc2ccc(Br)cc2)cc1. The zero-order valence-corrected chi connectivity index (χ0v) is 14.7. The van der Waals surface area contributed by atoms with Gasteiger partial charge in [-0.1, -0.05) is 28.1 Å². The summed E-state index contributed by atoms with van der Waals surface area (Å²) in [6.07, 6.45) is 1.35. The van der Waals surface area contributed by atoms with Gasteiger partial charge in [-0.25, -0.2) is 10.2 Å². The second-order valence-corrected chi connectivity index (χ2v) is 5.69. The second-order valence-electron chi connectivity index (χ2n) is 4.77. The van der Waals surface area contributed by atoms with E-state index in [1.165, 1.54) is 13.3 Å². The molecule has 2 rings (SSSR count). The third-order valence-corrected chi connectivity index (χ3v) is 3.55. The number of hydrogen-bond donors (Lipinski definition) is 2. The van der Waals surface area contributed by atoms with E-state index in [1.54, 1.807) is 48.5 Å². The lowest BCUT2D eigenvalue weighted by atomic mass is 10.1.